The lowest BCUT2D eigenvalue weighted by Gasteiger charge is -2.44. The molecule has 0 saturated carbocycles. The number of aliphatic hydroxyl groups is 3. The third kappa shape index (κ3) is 3.35. The average molecular weight is 430 g/mol. The van der Waals surface area contributed by atoms with Crippen molar-refractivity contribution in [3.63, 3.8) is 0 Å². The van der Waals surface area contributed by atoms with Crippen LogP contribution in [-0.4, -0.2) is 68.0 Å². The largest absolute Gasteiger partial charge is 0.507 e. The number of aryl methyl sites for hydroxylation is 1. The summed E-state index contributed by atoms with van der Waals surface area (Å²) in [5.41, 5.74) is 1.11. The Kier molecular flexibility index (Phi) is 5.22. The second kappa shape index (κ2) is 7.61. The number of phenolic OH excluding ortho intramolecular Hbond substituents is 2. The summed E-state index contributed by atoms with van der Waals surface area (Å²) in [6.45, 7) is 2.81. The average Bonchev–Trinajstić information content (AvgIpc) is 2.68. The molecule has 9 heteroatoms. The van der Waals surface area contributed by atoms with E-state index in [1.165, 1.54) is 18.2 Å². The molecule has 4 rings (SSSR count). The van der Waals surface area contributed by atoms with Crippen LogP contribution in [0.5, 0.6) is 11.5 Å². The predicted octanol–water partition coefficient (Wildman–Crippen LogP) is 0.453. The molecule has 5 N–H and O–H groups in total. The van der Waals surface area contributed by atoms with Crippen LogP contribution >= 0.6 is 0 Å². The third-order valence-electron chi connectivity index (χ3n) is 5.71. The summed E-state index contributed by atoms with van der Waals surface area (Å²) in [7, 11) is 0. The Morgan fingerprint density at radius 1 is 0.968 bits per heavy atom. The number of phenols is 2. The van der Waals surface area contributed by atoms with Gasteiger partial charge >= 0.3 is 5.97 Å². The van der Waals surface area contributed by atoms with Gasteiger partial charge in [0.05, 0.1) is 11.1 Å². The Morgan fingerprint density at radius 3 is 2.32 bits per heavy atom. The molecule has 0 spiro atoms. The van der Waals surface area contributed by atoms with Gasteiger partial charge in [-0.15, -0.1) is 0 Å². The number of hydrogen-bond acceptors (Lipinski definition) is 9. The second-order valence-corrected chi connectivity index (χ2v) is 7.85. The Labute approximate surface area is 177 Å². The van der Waals surface area contributed by atoms with Crippen molar-refractivity contribution < 1.29 is 44.6 Å². The van der Waals surface area contributed by atoms with Gasteiger partial charge in [-0.1, -0.05) is 18.2 Å². The van der Waals surface area contributed by atoms with E-state index in [9.17, 15) is 35.1 Å². The van der Waals surface area contributed by atoms with Gasteiger partial charge in [0.1, 0.15) is 35.9 Å². The molecule has 2 aliphatic rings. The SMILES string of the molecule is CC(=O)O[C@@H]1O[C@@H]([C@@H]2c3cccc(O)c3C(=O)c3c(O)cc(C)cc32)[C@H](O)[C@@H](O)[C@H]1O. The standard InChI is InChI=1S/C22H22O9/c1-8-6-11-14(21-19(28)18(27)20(29)22(31-21)30-9(2)23)10-4-3-5-12(24)15(10)17(26)16(11)13(25)7-8/h3-7,14,18-22,24-25,27-29H,1-2H3/t14-,18-,19-,20-,21+,22-/m1/s1. The van der Waals surface area contributed by atoms with E-state index in [2.05, 4.69) is 0 Å². The molecule has 0 bridgehead atoms. The highest BCUT2D eigenvalue weighted by atomic mass is 16.7. The minimum Gasteiger partial charge on any atom is -0.507 e. The van der Waals surface area contributed by atoms with Crippen LogP contribution in [-0.2, 0) is 14.3 Å². The molecule has 9 nitrogen and oxygen atoms in total. The molecule has 1 aliphatic carbocycles. The zero-order valence-electron chi connectivity index (χ0n) is 16.7. The van der Waals surface area contributed by atoms with E-state index in [-0.39, 0.29) is 22.6 Å². The van der Waals surface area contributed by atoms with Crippen molar-refractivity contribution in [2.45, 2.75) is 50.5 Å². The summed E-state index contributed by atoms with van der Waals surface area (Å²) in [5.74, 6) is -2.92. The topological polar surface area (TPSA) is 154 Å². The van der Waals surface area contributed by atoms with Crippen molar-refractivity contribution in [2.75, 3.05) is 0 Å². The first kappa shape index (κ1) is 21.3. The van der Waals surface area contributed by atoms with Crippen molar-refractivity contribution in [3.05, 3.63) is 58.1 Å². The van der Waals surface area contributed by atoms with E-state index < -0.39 is 48.4 Å². The zero-order valence-corrected chi connectivity index (χ0v) is 16.7. The van der Waals surface area contributed by atoms with E-state index >= 15 is 0 Å². The fraction of sp³-hybridized carbons (Fsp3) is 0.364. The number of aliphatic hydroxyl groups excluding tert-OH is 3. The molecule has 1 aliphatic heterocycles. The van der Waals surface area contributed by atoms with Crippen molar-refractivity contribution in [3.8, 4) is 11.5 Å². The van der Waals surface area contributed by atoms with Gasteiger partial charge in [-0.05, 0) is 35.7 Å². The Balaban J connectivity index is 1.92. The number of fused-ring (bicyclic) bond motifs is 2. The number of ether oxygens (including phenoxy) is 2. The zero-order chi connectivity index (χ0) is 22.6. The maximum absolute atomic E-state index is 13.1. The molecule has 0 amide bonds. The summed E-state index contributed by atoms with van der Waals surface area (Å²) in [5, 5.41) is 52.2. The molecule has 1 saturated heterocycles. The summed E-state index contributed by atoms with van der Waals surface area (Å²) in [6.07, 6.45) is -7.90. The van der Waals surface area contributed by atoms with Crippen LogP contribution in [0, 0.1) is 6.92 Å². The minimum absolute atomic E-state index is 0.0648. The van der Waals surface area contributed by atoms with Crippen LogP contribution in [0.4, 0.5) is 0 Å². The fourth-order valence-corrected chi connectivity index (χ4v) is 4.41. The molecule has 31 heavy (non-hydrogen) atoms. The van der Waals surface area contributed by atoms with Crippen LogP contribution in [0.2, 0.25) is 0 Å². The smallest absolute Gasteiger partial charge is 0.305 e. The number of hydrogen-bond donors (Lipinski definition) is 5. The fourth-order valence-electron chi connectivity index (χ4n) is 4.41. The summed E-state index contributed by atoms with van der Waals surface area (Å²) >= 11 is 0. The highest BCUT2D eigenvalue weighted by molar-refractivity contribution is 6.16. The van der Waals surface area contributed by atoms with E-state index in [0.717, 1.165) is 6.92 Å². The maximum Gasteiger partial charge on any atom is 0.305 e. The first-order valence-electron chi connectivity index (χ1n) is 9.68. The first-order chi connectivity index (χ1) is 14.6. The Morgan fingerprint density at radius 2 is 1.65 bits per heavy atom. The lowest BCUT2D eigenvalue weighted by atomic mass is 9.71. The number of benzene rings is 2. The van der Waals surface area contributed by atoms with Crippen molar-refractivity contribution in [2.24, 2.45) is 0 Å². The number of carbonyl (C=O) groups is 2. The monoisotopic (exact) mass is 430 g/mol. The van der Waals surface area contributed by atoms with Crippen molar-refractivity contribution in [1.29, 1.82) is 0 Å². The lowest BCUT2D eigenvalue weighted by molar-refractivity contribution is -0.289. The van der Waals surface area contributed by atoms with Gasteiger partial charge in [0, 0.05) is 12.8 Å². The van der Waals surface area contributed by atoms with Crippen molar-refractivity contribution in [1.82, 2.24) is 0 Å². The van der Waals surface area contributed by atoms with E-state index in [1.54, 1.807) is 19.1 Å². The van der Waals surface area contributed by atoms with E-state index in [4.69, 9.17) is 9.47 Å². The van der Waals surface area contributed by atoms with Gasteiger partial charge < -0.3 is 35.0 Å². The van der Waals surface area contributed by atoms with Crippen LogP contribution in [0.25, 0.3) is 0 Å². The maximum atomic E-state index is 13.1. The van der Waals surface area contributed by atoms with Gasteiger partial charge in [-0.2, -0.15) is 0 Å². The minimum atomic E-state index is -1.72. The van der Waals surface area contributed by atoms with Gasteiger partial charge in [-0.25, -0.2) is 0 Å². The molecule has 2 aromatic rings. The number of esters is 1. The normalized spacial score (nSPS) is 29.8. The molecule has 6 atom stereocenters. The van der Waals surface area contributed by atoms with Crippen LogP contribution < -0.4 is 0 Å². The second-order valence-electron chi connectivity index (χ2n) is 7.85. The molecule has 164 valence electrons. The highest BCUT2D eigenvalue weighted by Crippen LogP contribution is 2.47. The molecule has 1 fully saturated rings. The molecular formula is C22H22O9. The molecular weight excluding hydrogens is 408 g/mol. The number of rotatable bonds is 2. The Hall–Kier alpha value is -2.98. The highest BCUT2D eigenvalue weighted by Gasteiger charge is 2.51. The number of carbonyl (C=O) groups excluding carboxylic acids is 2. The van der Waals surface area contributed by atoms with Crippen LogP contribution in [0.15, 0.2) is 30.3 Å². The van der Waals surface area contributed by atoms with Crippen molar-refractivity contribution >= 4 is 11.8 Å². The van der Waals surface area contributed by atoms with Gasteiger partial charge in [0.2, 0.25) is 12.1 Å². The molecule has 0 radical (unpaired) electrons. The Bertz CT molecular complexity index is 1060. The molecule has 0 unspecified atom stereocenters. The van der Waals surface area contributed by atoms with Crippen LogP contribution in [0.3, 0.4) is 0 Å². The van der Waals surface area contributed by atoms with Gasteiger partial charge in [0.15, 0.2) is 0 Å². The number of aromatic hydroxyl groups is 2. The molecule has 2 aromatic carbocycles. The van der Waals surface area contributed by atoms with Gasteiger partial charge in [-0.3, -0.25) is 9.59 Å². The third-order valence-corrected chi connectivity index (χ3v) is 5.71. The van der Waals surface area contributed by atoms with Crippen LogP contribution in [0.1, 0.15) is 45.5 Å². The summed E-state index contributed by atoms with van der Waals surface area (Å²) in [4.78, 5) is 24.5. The predicted molar refractivity (Wildman–Crippen MR) is 105 cm³/mol. The molecule has 1 heterocycles. The molecule has 0 aromatic heterocycles. The van der Waals surface area contributed by atoms with E-state index in [0.29, 0.717) is 16.7 Å². The first-order valence-corrected chi connectivity index (χ1v) is 9.68. The van der Waals surface area contributed by atoms with E-state index in [1.807, 2.05) is 0 Å². The summed E-state index contributed by atoms with van der Waals surface area (Å²) in [6, 6.07) is 7.44. The lowest BCUT2D eigenvalue weighted by Crippen LogP contribution is -2.60. The number of ketones is 1. The summed E-state index contributed by atoms with van der Waals surface area (Å²) < 4.78 is 10.7. The quantitative estimate of drug-likeness (QED) is 0.427. The van der Waals surface area contributed by atoms with Gasteiger partial charge in [0.25, 0.3) is 0 Å².